The molecule has 0 saturated heterocycles. The molecule has 0 fully saturated rings. The van der Waals surface area contributed by atoms with Crippen LogP contribution in [0.3, 0.4) is 0 Å². The summed E-state index contributed by atoms with van der Waals surface area (Å²) in [7, 11) is 0. The second-order valence-electron chi connectivity index (χ2n) is 2.83. The number of hydrogen-bond acceptors (Lipinski definition) is 1. The molecule has 0 aromatic rings. The fourth-order valence-corrected chi connectivity index (χ4v) is 1.27. The fraction of sp³-hybridized carbons (Fsp3) is 0.500. The molecule has 0 spiro atoms. The molecule has 0 aliphatic heterocycles. The van der Waals surface area contributed by atoms with E-state index in [0.717, 1.165) is 32.0 Å². The lowest BCUT2D eigenvalue weighted by atomic mass is 10.0. The molecule has 0 atom stereocenters. The minimum atomic E-state index is 0.709. The Kier molecular flexibility index (Phi) is 3.67. The summed E-state index contributed by atoms with van der Waals surface area (Å²) in [6.07, 6.45) is 12.7. The molecule has 0 N–H and O–H groups in total. The average Bonchev–Trinajstić information content (AvgIpc) is 2.07. The summed E-state index contributed by atoms with van der Waals surface area (Å²) in [5.41, 5.74) is 1.49. The highest BCUT2D eigenvalue weighted by atomic mass is 16.1. The minimum absolute atomic E-state index is 0.709. The van der Waals surface area contributed by atoms with E-state index in [1.165, 1.54) is 5.57 Å². The predicted octanol–water partition coefficient (Wildman–Crippen LogP) is 2.63. The van der Waals surface area contributed by atoms with Gasteiger partial charge in [-0.05, 0) is 25.7 Å². The first-order valence-corrected chi connectivity index (χ1v) is 4.20. The molecule has 0 radical (unpaired) electrons. The van der Waals surface area contributed by atoms with Crippen molar-refractivity contribution >= 4 is 6.29 Å². The molecule has 60 valence electrons. The number of carbonyl (C=O) groups is 1. The van der Waals surface area contributed by atoms with Gasteiger partial charge in [0.1, 0.15) is 6.29 Å². The van der Waals surface area contributed by atoms with Crippen molar-refractivity contribution in [2.45, 2.75) is 32.1 Å². The van der Waals surface area contributed by atoms with Gasteiger partial charge in [0.15, 0.2) is 0 Å². The molecule has 0 amide bonds. The normalized spacial score (nSPS) is 16.2. The molecular formula is C10H14O. The topological polar surface area (TPSA) is 17.1 Å². The van der Waals surface area contributed by atoms with Crippen LogP contribution in [0.2, 0.25) is 0 Å². The Balaban J connectivity index is 2.15. The molecule has 0 aromatic carbocycles. The van der Waals surface area contributed by atoms with Crippen molar-refractivity contribution < 1.29 is 4.79 Å². The molecule has 0 unspecified atom stereocenters. The molecule has 1 aliphatic carbocycles. The van der Waals surface area contributed by atoms with Gasteiger partial charge in [0, 0.05) is 6.42 Å². The first kappa shape index (κ1) is 8.25. The number of hydrogen-bond donors (Lipinski definition) is 0. The summed E-state index contributed by atoms with van der Waals surface area (Å²) >= 11 is 0. The Bertz CT molecular complexity index is 177. The van der Waals surface area contributed by atoms with Gasteiger partial charge in [-0.25, -0.2) is 0 Å². The third kappa shape index (κ3) is 3.17. The third-order valence-corrected chi connectivity index (χ3v) is 1.91. The zero-order chi connectivity index (χ0) is 7.94. The molecule has 1 heteroatoms. The van der Waals surface area contributed by atoms with Gasteiger partial charge in [0.2, 0.25) is 0 Å². The van der Waals surface area contributed by atoms with Gasteiger partial charge in [0.05, 0.1) is 0 Å². The number of aldehydes is 1. The van der Waals surface area contributed by atoms with Crippen molar-refractivity contribution in [2.75, 3.05) is 0 Å². The predicted molar refractivity (Wildman–Crippen MR) is 46.4 cm³/mol. The second-order valence-corrected chi connectivity index (χ2v) is 2.83. The molecule has 11 heavy (non-hydrogen) atoms. The Morgan fingerprint density at radius 3 is 3.00 bits per heavy atom. The van der Waals surface area contributed by atoms with E-state index in [0.29, 0.717) is 6.42 Å². The lowest BCUT2D eigenvalue weighted by molar-refractivity contribution is -0.107. The second kappa shape index (κ2) is 4.89. The average molecular weight is 150 g/mol. The van der Waals surface area contributed by atoms with Crippen LogP contribution in [0.1, 0.15) is 32.1 Å². The Hall–Kier alpha value is -0.850. The SMILES string of the molecule is O=CCCCC1=CCC=CC1. The van der Waals surface area contributed by atoms with Crippen molar-refractivity contribution in [3.63, 3.8) is 0 Å². The molecule has 0 heterocycles. The molecular weight excluding hydrogens is 136 g/mol. The van der Waals surface area contributed by atoms with Crippen LogP contribution in [-0.4, -0.2) is 6.29 Å². The summed E-state index contributed by atoms with van der Waals surface area (Å²) in [5, 5.41) is 0. The summed E-state index contributed by atoms with van der Waals surface area (Å²) in [5.74, 6) is 0. The van der Waals surface area contributed by atoms with E-state index in [9.17, 15) is 4.79 Å². The molecule has 1 rings (SSSR count). The summed E-state index contributed by atoms with van der Waals surface area (Å²) in [6, 6.07) is 0. The van der Waals surface area contributed by atoms with Crippen LogP contribution in [0.15, 0.2) is 23.8 Å². The van der Waals surface area contributed by atoms with Gasteiger partial charge in [-0.1, -0.05) is 23.8 Å². The molecule has 1 nitrogen and oxygen atoms in total. The van der Waals surface area contributed by atoms with Crippen molar-refractivity contribution in [2.24, 2.45) is 0 Å². The fourth-order valence-electron chi connectivity index (χ4n) is 1.27. The van der Waals surface area contributed by atoms with Crippen LogP contribution in [0, 0.1) is 0 Å². The Morgan fingerprint density at radius 1 is 1.45 bits per heavy atom. The van der Waals surface area contributed by atoms with E-state index in [1.807, 2.05) is 0 Å². The smallest absolute Gasteiger partial charge is 0.120 e. The minimum Gasteiger partial charge on any atom is -0.303 e. The number of rotatable bonds is 4. The highest BCUT2D eigenvalue weighted by Crippen LogP contribution is 2.16. The molecule has 0 bridgehead atoms. The first-order chi connectivity index (χ1) is 5.43. The van der Waals surface area contributed by atoms with Crippen molar-refractivity contribution in [3.8, 4) is 0 Å². The molecule has 1 aliphatic rings. The van der Waals surface area contributed by atoms with Crippen LogP contribution in [0.5, 0.6) is 0 Å². The van der Waals surface area contributed by atoms with E-state index in [2.05, 4.69) is 18.2 Å². The van der Waals surface area contributed by atoms with Crippen LogP contribution in [0.4, 0.5) is 0 Å². The van der Waals surface area contributed by atoms with Crippen molar-refractivity contribution in [1.29, 1.82) is 0 Å². The number of unbranched alkanes of at least 4 members (excludes halogenated alkanes) is 1. The van der Waals surface area contributed by atoms with Gasteiger partial charge in [-0.15, -0.1) is 0 Å². The van der Waals surface area contributed by atoms with Crippen LogP contribution >= 0.6 is 0 Å². The Labute approximate surface area is 67.8 Å². The zero-order valence-corrected chi connectivity index (χ0v) is 6.75. The quantitative estimate of drug-likeness (QED) is 0.342. The number of allylic oxidation sites excluding steroid dienone is 4. The number of carbonyl (C=O) groups excluding carboxylic acids is 1. The van der Waals surface area contributed by atoms with Crippen molar-refractivity contribution in [3.05, 3.63) is 23.8 Å². The highest BCUT2D eigenvalue weighted by Gasteiger charge is 1.97. The summed E-state index contributed by atoms with van der Waals surface area (Å²) in [6.45, 7) is 0. The summed E-state index contributed by atoms with van der Waals surface area (Å²) < 4.78 is 0. The highest BCUT2D eigenvalue weighted by molar-refractivity contribution is 5.49. The van der Waals surface area contributed by atoms with Crippen LogP contribution in [0.25, 0.3) is 0 Å². The molecule has 0 saturated carbocycles. The Morgan fingerprint density at radius 2 is 2.36 bits per heavy atom. The van der Waals surface area contributed by atoms with E-state index >= 15 is 0 Å². The maximum absolute atomic E-state index is 10.0. The van der Waals surface area contributed by atoms with Gasteiger partial charge in [0.25, 0.3) is 0 Å². The third-order valence-electron chi connectivity index (χ3n) is 1.91. The maximum Gasteiger partial charge on any atom is 0.120 e. The van der Waals surface area contributed by atoms with Gasteiger partial charge >= 0.3 is 0 Å². The zero-order valence-electron chi connectivity index (χ0n) is 6.75. The first-order valence-electron chi connectivity index (χ1n) is 4.20. The standard InChI is InChI=1S/C10H14O/c11-9-5-4-8-10-6-2-1-3-7-10/h1-2,7,9H,3-6,8H2. The summed E-state index contributed by atoms with van der Waals surface area (Å²) in [4.78, 5) is 10.0. The van der Waals surface area contributed by atoms with Crippen molar-refractivity contribution in [1.82, 2.24) is 0 Å². The lowest BCUT2D eigenvalue weighted by Crippen LogP contribution is -1.87. The van der Waals surface area contributed by atoms with E-state index < -0.39 is 0 Å². The lowest BCUT2D eigenvalue weighted by Gasteiger charge is -2.05. The van der Waals surface area contributed by atoms with Crippen LogP contribution in [-0.2, 0) is 4.79 Å². The van der Waals surface area contributed by atoms with E-state index in [1.54, 1.807) is 0 Å². The van der Waals surface area contributed by atoms with Crippen LogP contribution < -0.4 is 0 Å². The maximum atomic E-state index is 10.0. The largest absolute Gasteiger partial charge is 0.303 e. The van der Waals surface area contributed by atoms with E-state index in [4.69, 9.17) is 0 Å². The van der Waals surface area contributed by atoms with E-state index in [-0.39, 0.29) is 0 Å². The van der Waals surface area contributed by atoms with Gasteiger partial charge in [-0.2, -0.15) is 0 Å². The van der Waals surface area contributed by atoms with Gasteiger partial charge in [-0.3, -0.25) is 0 Å². The molecule has 0 aromatic heterocycles. The monoisotopic (exact) mass is 150 g/mol. The van der Waals surface area contributed by atoms with Gasteiger partial charge < -0.3 is 4.79 Å².